The van der Waals surface area contributed by atoms with Gasteiger partial charge in [0.2, 0.25) is 0 Å². The zero-order valence-electron chi connectivity index (χ0n) is 13.7. The molecule has 2 heteroatoms. The number of nitrogens with zero attached hydrogens (tertiary/aromatic N) is 1. The van der Waals surface area contributed by atoms with Crippen LogP contribution in [0.25, 0.3) is 0 Å². The number of hydrogen-bond acceptors (Lipinski definition) is 2. The average Bonchev–Trinajstić information content (AvgIpc) is 3.21. The van der Waals surface area contributed by atoms with E-state index in [0.717, 1.165) is 19.1 Å². The first-order valence-electron chi connectivity index (χ1n) is 7.81. The number of nitrogens with one attached hydrogen (secondary N) is 1. The fourth-order valence-corrected chi connectivity index (χ4v) is 2.74. The molecule has 0 bridgehead atoms. The maximum Gasteiger partial charge on any atom is 0.0177 e. The second-order valence-corrected chi connectivity index (χ2v) is 7.68. The van der Waals surface area contributed by atoms with Crippen molar-refractivity contribution < 1.29 is 0 Å². The SMILES string of the molecule is CN(CC(C)(CNC(C)(C)C)c1ccccc1)C1CC1. The van der Waals surface area contributed by atoms with Crippen molar-refractivity contribution in [2.24, 2.45) is 0 Å². The standard InChI is InChI=1S/C18H30N2/c1-17(2,3)19-13-18(4,14-20(5)16-11-12-16)15-9-7-6-8-10-15/h6-10,16,19H,11-14H2,1-5H3. The fourth-order valence-electron chi connectivity index (χ4n) is 2.74. The molecular weight excluding hydrogens is 244 g/mol. The van der Waals surface area contributed by atoms with E-state index in [9.17, 15) is 0 Å². The Hall–Kier alpha value is -0.860. The molecule has 1 aliphatic carbocycles. The van der Waals surface area contributed by atoms with Gasteiger partial charge in [0.15, 0.2) is 0 Å². The summed E-state index contributed by atoms with van der Waals surface area (Å²) in [6, 6.07) is 11.8. The number of benzene rings is 1. The van der Waals surface area contributed by atoms with Gasteiger partial charge in [0, 0.05) is 30.1 Å². The van der Waals surface area contributed by atoms with E-state index in [1.54, 1.807) is 0 Å². The number of hydrogen-bond donors (Lipinski definition) is 1. The summed E-state index contributed by atoms with van der Waals surface area (Å²) in [5.41, 5.74) is 1.75. The Labute approximate surface area is 124 Å². The maximum atomic E-state index is 3.70. The Morgan fingerprint density at radius 2 is 1.70 bits per heavy atom. The number of likely N-dealkylation sites (N-methyl/N-ethyl adjacent to an activating group) is 1. The molecule has 1 saturated carbocycles. The summed E-state index contributed by atoms with van der Waals surface area (Å²) in [7, 11) is 2.27. The molecule has 1 aliphatic rings. The van der Waals surface area contributed by atoms with Gasteiger partial charge in [0.05, 0.1) is 0 Å². The van der Waals surface area contributed by atoms with Gasteiger partial charge in [-0.25, -0.2) is 0 Å². The Morgan fingerprint density at radius 1 is 1.10 bits per heavy atom. The molecule has 1 atom stereocenters. The molecule has 0 saturated heterocycles. The second-order valence-electron chi connectivity index (χ2n) is 7.68. The third kappa shape index (κ3) is 4.32. The summed E-state index contributed by atoms with van der Waals surface area (Å²) in [6.45, 7) is 11.2. The molecule has 0 radical (unpaired) electrons. The molecular formula is C18H30N2. The van der Waals surface area contributed by atoms with Gasteiger partial charge in [-0.1, -0.05) is 37.3 Å². The average molecular weight is 274 g/mol. The molecule has 112 valence electrons. The quantitative estimate of drug-likeness (QED) is 0.855. The van der Waals surface area contributed by atoms with Crippen molar-refractivity contribution in [1.29, 1.82) is 0 Å². The summed E-state index contributed by atoms with van der Waals surface area (Å²) in [4.78, 5) is 2.54. The summed E-state index contributed by atoms with van der Waals surface area (Å²) in [5, 5.41) is 3.70. The Morgan fingerprint density at radius 3 is 2.20 bits per heavy atom. The number of rotatable bonds is 6. The molecule has 2 nitrogen and oxygen atoms in total. The van der Waals surface area contributed by atoms with Gasteiger partial charge < -0.3 is 10.2 Å². The van der Waals surface area contributed by atoms with Gasteiger partial charge >= 0.3 is 0 Å². The van der Waals surface area contributed by atoms with Crippen LogP contribution in [0.2, 0.25) is 0 Å². The first kappa shape index (κ1) is 15.5. The van der Waals surface area contributed by atoms with Gasteiger partial charge in [-0.05, 0) is 46.2 Å². The van der Waals surface area contributed by atoms with Crippen molar-refractivity contribution in [1.82, 2.24) is 10.2 Å². The van der Waals surface area contributed by atoms with E-state index in [-0.39, 0.29) is 11.0 Å². The largest absolute Gasteiger partial charge is 0.311 e. The summed E-state index contributed by atoms with van der Waals surface area (Å²) in [6.07, 6.45) is 2.74. The van der Waals surface area contributed by atoms with E-state index in [1.165, 1.54) is 18.4 Å². The van der Waals surface area contributed by atoms with Gasteiger partial charge in [-0.3, -0.25) is 0 Å². The van der Waals surface area contributed by atoms with Gasteiger partial charge in [-0.15, -0.1) is 0 Å². The molecule has 1 aromatic rings. The van der Waals surface area contributed by atoms with E-state index >= 15 is 0 Å². The molecule has 1 aromatic carbocycles. The molecule has 0 spiro atoms. The predicted molar refractivity (Wildman–Crippen MR) is 87.2 cm³/mol. The predicted octanol–water partition coefficient (Wildman–Crippen LogP) is 3.43. The van der Waals surface area contributed by atoms with Crippen molar-refractivity contribution in [3.8, 4) is 0 Å². The van der Waals surface area contributed by atoms with Gasteiger partial charge in [0.1, 0.15) is 0 Å². The molecule has 0 heterocycles. The van der Waals surface area contributed by atoms with Crippen LogP contribution in [0, 0.1) is 0 Å². The fraction of sp³-hybridized carbons (Fsp3) is 0.667. The van der Waals surface area contributed by atoms with Crippen LogP contribution in [0.15, 0.2) is 30.3 Å². The lowest BCUT2D eigenvalue weighted by Gasteiger charge is -2.37. The van der Waals surface area contributed by atoms with Crippen LogP contribution in [-0.2, 0) is 5.41 Å². The van der Waals surface area contributed by atoms with Crippen LogP contribution in [0.1, 0.15) is 46.1 Å². The van der Waals surface area contributed by atoms with Crippen molar-refractivity contribution in [2.45, 2.75) is 57.5 Å². The molecule has 20 heavy (non-hydrogen) atoms. The highest BCUT2D eigenvalue weighted by molar-refractivity contribution is 5.26. The third-order valence-corrected chi connectivity index (χ3v) is 4.25. The lowest BCUT2D eigenvalue weighted by Crippen LogP contribution is -2.49. The normalized spacial score (nSPS) is 19.1. The second kappa shape index (κ2) is 5.87. The molecule has 0 amide bonds. The monoisotopic (exact) mass is 274 g/mol. The van der Waals surface area contributed by atoms with Crippen molar-refractivity contribution in [3.63, 3.8) is 0 Å². The highest BCUT2D eigenvalue weighted by Crippen LogP contribution is 2.31. The van der Waals surface area contributed by atoms with Crippen LogP contribution in [-0.4, -0.2) is 36.6 Å². The van der Waals surface area contributed by atoms with Crippen LogP contribution in [0.5, 0.6) is 0 Å². The van der Waals surface area contributed by atoms with Crippen LogP contribution in [0.4, 0.5) is 0 Å². The summed E-state index contributed by atoms with van der Waals surface area (Å²) in [5.74, 6) is 0. The van der Waals surface area contributed by atoms with E-state index in [1.807, 2.05) is 0 Å². The Kier molecular flexibility index (Phi) is 4.55. The van der Waals surface area contributed by atoms with E-state index in [2.05, 4.69) is 75.3 Å². The molecule has 1 unspecified atom stereocenters. The minimum Gasteiger partial charge on any atom is -0.311 e. The first-order valence-corrected chi connectivity index (χ1v) is 7.81. The maximum absolute atomic E-state index is 3.70. The smallest absolute Gasteiger partial charge is 0.0177 e. The van der Waals surface area contributed by atoms with Crippen molar-refractivity contribution >= 4 is 0 Å². The molecule has 1 fully saturated rings. The van der Waals surface area contributed by atoms with Gasteiger partial charge in [0.25, 0.3) is 0 Å². The summed E-state index contributed by atoms with van der Waals surface area (Å²) >= 11 is 0. The Balaban J connectivity index is 2.13. The van der Waals surface area contributed by atoms with Gasteiger partial charge in [-0.2, -0.15) is 0 Å². The lowest BCUT2D eigenvalue weighted by atomic mass is 9.81. The van der Waals surface area contributed by atoms with Crippen LogP contribution in [0.3, 0.4) is 0 Å². The van der Waals surface area contributed by atoms with Crippen molar-refractivity contribution in [3.05, 3.63) is 35.9 Å². The zero-order valence-corrected chi connectivity index (χ0v) is 13.7. The molecule has 0 aromatic heterocycles. The van der Waals surface area contributed by atoms with Crippen LogP contribution >= 0.6 is 0 Å². The molecule has 2 rings (SSSR count). The lowest BCUT2D eigenvalue weighted by molar-refractivity contribution is 0.229. The molecule has 1 N–H and O–H groups in total. The Bertz CT molecular complexity index is 417. The minimum absolute atomic E-state index is 0.159. The first-order chi connectivity index (χ1) is 9.30. The minimum atomic E-state index is 0.159. The van der Waals surface area contributed by atoms with E-state index in [0.29, 0.717) is 0 Å². The van der Waals surface area contributed by atoms with E-state index < -0.39 is 0 Å². The van der Waals surface area contributed by atoms with Crippen molar-refractivity contribution in [2.75, 3.05) is 20.1 Å². The third-order valence-electron chi connectivity index (χ3n) is 4.25. The molecule has 0 aliphatic heterocycles. The highest BCUT2D eigenvalue weighted by atomic mass is 15.2. The zero-order chi connectivity index (χ0) is 14.8. The topological polar surface area (TPSA) is 15.3 Å². The summed E-state index contributed by atoms with van der Waals surface area (Å²) < 4.78 is 0. The van der Waals surface area contributed by atoms with Crippen LogP contribution < -0.4 is 5.32 Å². The van der Waals surface area contributed by atoms with E-state index in [4.69, 9.17) is 0 Å². The highest BCUT2D eigenvalue weighted by Gasteiger charge is 2.34.